The average molecular weight is 309 g/mol. The highest BCUT2D eigenvalue weighted by Crippen LogP contribution is 2.15. The summed E-state index contributed by atoms with van der Waals surface area (Å²) in [4.78, 5) is 11.5. The van der Waals surface area contributed by atoms with Crippen molar-refractivity contribution in [1.29, 1.82) is 0 Å². The number of amides is 2. The lowest BCUT2D eigenvalue weighted by molar-refractivity contribution is 0.104. The summed E-state index contributed by atoms with van der Waals surface area (Å²) in [7, 11) is 0. The van der Waals surface area contributed by atoms with E-state index in [9.17, 15) is 9.90 Å². The van der Waals surface area contributed by atoms with Crippen LogP contribution in [0.15, 0.2) is 24.3 Å². The van der Waals surface area contributed by atoms with Crippen LogP contribution in [0.5, 0.6) is 5.75 Å². The van der Waals surface area contributed by atoms with Crippen molar-refractivity contribution < 1.29 is 14.6 Å². The largest absolute Gasteiger partial charge is 0.491 e. The van der Waals surface area contributed by atoms with Crippen molar-refractivity contribution in [3.05, 3.63) is 24.3 Å². The van der Waals surface area contributed by atoms with Crippen LogP contribution in [0.25, 0.3) is 0 Å². The molecule has 0 saturated heterocycles. The Morgan fingerprint density at radius 1 is 1.27 bits per heavy atom. The molecule has 0 bridgehead atoms. The maximum Gasteiger partial charge on any atom is 0.319 e. The van der Waals surface area contributed by atoms with Crippen LogP contribution >= 0.6 is 0 Å². The normalized spacial score (nSPS) is 12.0. The number of hydrogen-bond acceptors (Lipinski definition) is 4. The van der Waals surface area contributed by atoms with Gasteiger partial charge >= 0.3 is 6.03 Å². The molecular weight excluding hydrogens is 282 g/mol. The van der Waals surface area contributed by atoms with Gasteiger partial charge in [-0.15, -0.1) is 0 Å². The van der Waals surface area contributed by atoms with E-state index >= 15 is 0 Å². The molecule has 0 fully saturated rings. The van der Waals surface area contributed by atoms with E-state index in [0.29, 0.717) is 30.6 Å². The minimum atomic E-state index is -0.556. The molecule has 6 nitrogen and oxygen atoms in total. The van der Waals surface area contributed by atoms with Crippen LogP contribution in [0, 0.1) is 0 Å². The fourth-order valence-electron chi connectivity index (χ4n) is 1.67. The Morgan fingerprint density at radius 2 is 1.95 bits per heavy atom. The number of carbonyl (C=O) groups is 1. The number of aliphatic hydroxyl groups excluding tert-OH is 1. The van der Waals surface area contributed by atoms with Gasteiger partial charge in [0, 0.05) is 24.8 Å². The summed E-state index contributed by atoms with van der Waals surface area (Å²) >= 11 is 0. The summed E-state index contributed by atoms with van der Waals surface area (Å²) in [5.74, 6) is 0.656. The summed E-state index contributed by atoms with van der Waals surface area (Å²) in [5.41, 5.74) is 0.697. The Balaban J connectivity index is 2.33. The van der Waals surface area contributed by atoms with E-state index in [1.807, 2.05) is 20.8 Å². The Hall–Kier alpha value is -1.79. The van der Waals surface area contributed by atoms with Gasteiger partial charge in [-0.1, -0.05) is 20.8 Å². The van der Waals surface area contributed by atoms with Gasteiger partial charge in [0.1, 0.15) is 18.5 Å². The molecule has 4 N–H and O–H groups in total. The summed E-state index contributed by atoms with van der Waals surface area (Å²) < 4.78 is 5.51. The highest BCUT2D eigenvalue weighted by molar-refractivity contribution is 5.89. The van der Waals surface area contributed by atoms with Crippen molar-refractivity contribution in [2.75, 3.05) is 25.0 Å². The number of hydrogen-bond donors (Lipinski definition) is 4. The van der Waals surface area contributed by atoms with Gasteiger partial charge in [-0.25, -0.2) is 4.79 Å². The Labute approximate surface area is 132 Å². The van der Waals surface area contributed by atoms with Crippen LogP contribution in [0.1, 0.15) is 27.2 Å². The molecular formula is C16H27N3O3. The molecule has 0 unspecified atom stereocenters. The lowest BCUT2D eigenvalue weighted by Gasteiger charge is -2.15. The molecule has 0 saturated carbocycles. The lowest BCUT2D eigenvalue weighted by Crippen LogP contribution is -2.35. The van der Waals surface area contributed by atoms with Gasteiger partial charge in [-0.2, -0.15) is 0 Å². The number of rotatable bonds is 9. The predicted octanol–water partition coefficient (Wildman–Crippen LogP) is 1.96. The minimum Gasteiger partial charge on any atom is -0.491 e. The zero-order chi connectivity index (χ0) is 16.4. The molecule has 1 aromatic carbocycles. The molecule has 1 atom stereocenters. The SMILES string of the molecule is CCCNC(=O)Nc1ccc(OC[C@@H](O)CNC(C)C)cc1. The second-order valence-corrected chi connectivity index (χ2v) is 5.43. The quantitative estimate of drug-likeness (QED) is 0.562. The maximum atomic E-state index is 11.5. The summed E-state index contributed by atoms with van der Waals surface area (Å²) in [6.45, 7) is 7.41. The average Bonchev–Trinajstić information content (AvgIpc) is 2.50. The minimum absolute atomic E-state index is 0.217. The molecule has 0 radical (unpaired) electrons. The van der Waals surface area contributed by atoms with Crippen molar-refractivity contribution in [3.8, 4) is 5.75 Å². The van der Waals surface area contributed by atoms with Gasteiger partial charge in [0.15, 0.2) is 0 Å². The van der Waals surface area contributed by atoms with Crippen molar-refractivity contribution in [1.82, 2.24) is 10.6 Å². The molecule has 2 amide bonds. The third-order valence-corrected chi connectivity index (χ3v) is 2.85. The van der Waals surface area contributed by atoms with Gasteiger partial charge in [0.05, 0.1) is 0 Å². The Bertz CT molecular complexity index is 435. The van der Waals surface area contributed by atoms with Gasteiger partial charge < -0.3 is 25.8 Å². The van der Waals surface area contributed by atoms with E-state index in [0.717, 1.165) is 6.42 Å². The van der Waals surface area contributed by atoms with E-state index in [-0.39, 0.29) is 12.6 Å². The number of nitrogens with one attached hydrogen (secondary N) is 3. The van der Waals surface area contributed by atoms with Crippen LogP contribution in [0.2, 0.25) is 0 Å². The number of ether oxygens (including phenoxy) is 1. The maximum absolute atomic E-state index is 11.5. The smallest absolute Gasteiger partial charge is 0.319 e. The number of anilines is 1. The molecule has 0 aliphatic rings. The third kappa shape index (κ3) is 7.85. The summed E-state index contributed by atoms with van der Waals surface area (Å²) in [5, 5.41) is 18.4. The van der Waals surface area contributed by atoms with Crippen LogP contribution in [0.3, 0.4) is 0 Å². The highest BCUT2D eigenvalue weighted by Gasteiger charge is 2.06. The van der Waals surface area contributed by atoms with Gasteiger partial charge in [0.25, 0.3) is 0 Å². The van der Waals surface area contributed by atoms with Crippen molar-refractivity contribution in [3.63, 3.8) is 0 Å². The number of carbonyl (C=O) groups excluding carboxylic acids is 1. The number of benzene rings is 1. The van der Waals surface area contributed by atoms with Gasteiger partial charge in [0.2, 0.25) is 0 Å². The van der Waals surface area contributed by atoms with Crippen LogP contribution in [-0.4, -0.2) is 43.0 Å². The van der Waals surface area contributed by atoms with Crippen LogP contribution in [0.4, 0.5) is 10.5 Å². The summed E-state index contributed by atoms with van der Waals surface area (Å²) in [6.07, 6.45) is 0.341. The molecule has 0 aromatic heterocycles. The number of urea groups is 1. The first-order valence-electron chi connectivity index (χ1n) is 7.70. The van der Waals surface area contributed by atoms with E-state index in [2.05, 4.69) is 16.0 Å². The molecule has 22 heavy (non-hydrogen) atoms. The van der Waals surface area contributed by atoms with E-state index < -0.39 is 6.10 Å². The zero-order valence-corrected chi connectivity index (χ0v) is 13.6. The predicted molar refractivity (Wildman–Crippen MR) is 88.4 cm³/mol. The monoisotopic (exact) mass is 309 g/mol. The van der Waals surface area contributed by atoms with Crippen molar-refractivity contribution >= 4 is 11.7 Å². The van der Waals surface area contributed by atoms with Crippen molar-refractivity contribution in [2.45, 2.75) is 39.3 Å². The first-order chi connectivity index (χ1) is 10.5. The molecule has 0 heterocycles. The number of aliphatic hydroxyl groups is 1. The topological polar surface area (TPSA) is 82.6 Å². The fraction of sp³-hybridized carbons (Fsp3) is 0.562. The molecule has 124 valence electrons. The molecule has 0 spiro atoms. The summed E-state index contributed by atoms with van der Waals surface area (Å²) in [6, 6.07) is 7.17. The second kappa shape index (κ2) is 10.0. The van der Waals surface area contributed by atoms with E-state index in [1.54, 1.807) is 24.3 Å². The molecule has 0 aliphatic heterocycles. The van der Waals surface area contributed by atoms with Crippen LogP contribution < -0.4 is 20.7 Å². The fourth-order valence-corrected chi connectivity index (χ4v) is 1.67. The van der Waals surface area contributed by atoms with E-state index in [4.69, 9.17) is 4.74 Å². The Morgan fingerprint density at radius 3 is 2.55 bits per heavy atom. The van der Waals surface area contributed by atoms with E-state index in [1.165, 1.54) is 0 Å². The highest BCUT2D eigenvalue weighted by atomic mass is 16.5. The molecule has 0 aliphatic carbocycles. The first-order valence-corrected chi connectivity index (χ1v) is 7.70. The third-order valence-electron chi connectivity index (χ3n) is 2.85. The van der Waals surface area contributed by atoms with Crippen molar-refractivity contribution in [2.24, 2.45) is 0 Å². The standard InChI is InChI=1S/C16H27N3O3/c1-4-9-17-16(21)19-13-5-7-15(8-6-13)22-11-14(20)10-18-12(2)3/h5-8,12,14,18,20H,4,9-11H2,1-3H3,(H2,17,19,21)/t14-/m0/s1. The second-order valence-electron chi connectivity index (χ2n) is 5.43. The molecule has 6 heteroatoms. The van der Waals surface area contributed by atoms with Gasteiger partial charge in [-0.3, -0.25) is 0 Å². The van der Waals surface area contributed by atoms with Gasteiger partial charge in [-0.05, 0) is 30.7 Å². The van der Waals surface area contributed by atoms with Crippen LogP contribution in [-0.2, 0) is 0 Å². The Kier molecular flexibility index (Phi) is 8.32. The molecule has 1 rings (SSSR count). The zero-order valence-electron chi connectivity index (χ0n) is 13.6. The molecule has 1 aromatic rings. The first kappa shape index (κ1) is 18.3. The lowest BCUT2D eigenvalue weighted by atomic mass is 10.3.